The van der Waals surface area contributed by atoms with E-state index in [1.807, 2.05) is 13.8 Å². The third-order valence-corrected chi connectivity index (χ3v) is 7.55. The minimum atomic E-state index is -1.75. The Hall–Kier alpha value is -0.283. The maximum atomic E-state index is 9.51. The second-order valence-electron chi connectivity index (χ2n) is 5.23. The lowest BCUT2D eigenvalue weighted by molar-refractivity contribution is 0.174. The van der Waals surface area contributed by atoms with Gasteiger partial charge in [-0.1, -0.05) is 20.8 Å². The molecule has 0 aliphatic carbocycles. The number of hydrogen-bond acceptors (Lipinski definition) is 2. The highest BCUT2D eigenvalue weighted by atomic mass is 28.4. The Labute approximate surface area is 89.1 Å². The summed E-state index contributed by atoms with van der Waals surface area (Å²) in [5.41, 5.74) is 0. The molecule has 0 saturated heterocycles. The molecule has 0 heterocycles. The van der Waals surface area contributed by atoms with Crippen molar-refractivity contribution < 1.29 is 9.53 Å². The van der Waals surface area contributed by atoms with Crippen molar-refractivity contribution >= 4 is 8.32 Å². The first kappa shape index (κ1) is 13.7. The first-order chi connectivity index (χ1) is 6.12. The minimum Gasteiger partial charge on any atom is -0.510 e. The van der Waals surface area contributed by atoms with Gasteiger partial charge in [0.25, 0.3) is 0 Å². The first-order valence-corrected chi connectivity index (χ1v) is 8.05. The van der Waals surface area contributed by atoms with Gasteiger partial charge in [-0.25, -0.2) is 0 Å². The maximum Gasteiger partial charge on any atom is 0.193 e. The lowest BCUT2D eigenvalue weighted by Crippen LogP contribution is -2.43. The summed E-state index contributed by atoms with van der Waals surface area (Å²) >= 11 is 0. The summed E-state index contributed by atoms with van der Waals surface area (Å²) in [5, 5.41) is 9.70. The van der Waals surface area contributed by atoms with Crippen molar-refractivity contribution in [3.05, 3.63) is 11.8 Å². The minimum absolute atomic E-state index is 0.180. The van der Waals surface area contributed by atoms with Crippen molar-refractivity contribution in [2.45, 2.75) is 58.9 Å². The molecule has 84 valence electrons. The Morgan fingerprint density at radius 1 is 1.36 bits per heavy atom. The summed E-state index contributed by atoms with van der Waals surface area (Å²) in [4.78, 5) is 0. The van der Waals surface area contributed by atoms with Gasteiger partial charge in [0, 0.05) is 0 Å². The molecule has 0 spiro atoms. The molecular weight excluding hydrogens is 192 g/mol. The molecule has 0 aromatic rings. The molecule has 0 unspecified atom stereocenters. The van der Waals surface area contributed by atoms with Gasteiger partial charge in [-0.3, -0.25) is 0 Å². The second-order valence-corrected chi connectivity index (χ2v) is 9.99. The Kier molecular flexibility index (Phi) is 4.40. The Morgan fingerprint density at radius 2 is 1.79 bits per heavy atom. The van der Waals surface area contributed by atoms with Gasteiger partial charge in [-0.15, -0.1) is 0 Å². The molecule has 0 fully saturated rings. The summed E-state index contributed by atoms with van der Waals surface area (Å²) < 4.78 is 5.98. The zero-order valence-electron chi connectivity index (χ0n) is 10.5. The lowest BCUT2D eigenvalue weighted by atomic mass is 10.2. The van der Waals surface area contributed by atoms with Gasteiger partial charge in [0.15, 0.2) is 8.32 Å². The van der Waals surface area contributed by atoms with E-state index in [9.17, 15) is 5.11 Å². The predicted octanol–water partition coefficient (Wildman–Crippen LogP) is 3.86. The second kappa shape index (κ2) is 4.49. The van der Waals surface area contributed by atoms with Crippen LogP contribution in [0.1, 0.15) is 34.6 Å². The number of rotatable bonds is 3. The van der Waals surface area contributed by atoms with Crippen LogP contribution in [0.25, 0.3) is 0 Å². The fourth-order valence-corrected chi connectivity index (χ4v) is 2.27. The monoisotopic (exact) mass is 216 g/mol. The zero-order valence-corrected chi connectivity index (χ0v) is 11.5. The molecule has 0 rings (SSSR count). The van der Waals surface area contributed by atoms with Gasteiger partial charge in [0.1, 0.15) is 5.76 Å². The molecule has 0 aromatic heterocycles. The molecule has 0 bridgehead atoms. The van der Waals surface area contributed by atoms with E-state index in [4.69, 9.17) is 4.43 Å². The SMILES string of the molecule is C/C=C(\O)[C@H](C)O[Si](C)(C)C(C)(C)C. The van der Waals surface area contributed by atoms with Crippen LogP contribution in [0.5, 0.6) is 0 Å². The fraction of sp³-hybridized carbons (Fsp3) is 0.818. The Balaban J connectivity index is 4.53. The summed E-state index contributed by atoms with van der Waals surface area (Å²) in [7, 11) is -1.75. The van der Waals surface area contributed by atoms with Crippen LogP contribution in [0.2, 0.25) is 18.1 Å². The summed E-state index contributed by atoms with van der Waals surface area (Å²) in [6.45, 7) is 14.7. The third kappa shape index (κ3) is 3.46. The highest BCUT2D eigenvalue weighted by molar-refractivity contribution is 6.74. The van der Waals surface area contributed by atoms with Gasteiger partial charge >= 0.3 is 0 Å². The van der Waals surface area contributed by atoms with E-state index in [-0.39, 0.29) is 11.1 Å². The van der Waals surface area contributed by atoms with E-state index >= 15 is 0 Å². The normalized spacial score (nSPS) is 16.9. The molecule has 0 aliphatic heterocycles. The van der Waals surface area contributed by atoms with Crippen molar-refractivity contribution in [1.82, 2.24) is 0 Å². The number of allylic oxidation sites excluding steroid dienone is 1. The fourth-order valence-electron chi connectivity index (χ4n) is 0.914. The van der Waals surface area contributed by atoms with E-state index in [1.165, 1.54) is 0 Å². The number of hydrogen-bond donors (Lipinski definition) is 1. The first-order valence-electron chi connectivity index (χ1n) is 5.15. The van der Waals surface area contributed by atoms with Gasteiger partial charge in [0.05, 0.1) is 6.10 Å². The van der Waals surface area contributed by atoms with Crippen LogP contribution in [0.15, 0.2) is 11.8 Å². The lowest BCUT2D eigenvalue weighted by Gasteiger charge is -2.38. The van der Waals surface area contributed by atoms with Crippen LogP contribution in [0.4, 0.5) is 0 Å². The van der Waals surface area contributed by atoms with E-state index < -0.39 is 8.32 Å². The van der Waals surface area contributed by atoms with Crippen molar-refractivity contribution in [1.29, 1.82) is 0 Å². The topological polar surface area (TPSA) is 29.5 Å². The van der Waals surface area contributed by atoms with Crippen molar-refractivity contribution in [3.63, 3.8) is 0 Å². The summed E-state index contributed by atoms with van der Waals surface area (Å²) in [5.74, 6) is 0.329. The van der Waals surface area contributed by atoms with Gasteiger partial charge in [-0.2, -0.15) is 0 Å². The molecule has 0 amide bonds. The van der Waals surface area contributed by atoms with Crippen LogP contribution in [-0.2, 0) is 4.43 Å². The Morgan fingerprint density at radius 3 is 2.07 bits per heavy atom. The quantitative estimate of drug-likeness (QED) is 0.573. The molecule has 0 aromatic carbocycles. The molecule has 0 aliphatic rings. The molecule has 2 nitrogen and oxygen atoms in total. The van der Waals surface area contributed by atoms with E-state index in [1.54, 1.807) is 6.08 Å². The van der Waals surface area contributed by atoms with E-state index in [0.717, 1.165) is 0 Å². The molecule has 14 heavy (non-hydrogen) atoms. The van der Waals surface area contributed by atoms with Gasteiger partial charge in [-0.05, 0) is 38.1 Å². The summed E-state index contributed by atoms with van der Waals surface area (Å²) in [6.07, 6.45) is 1.51. The van der Waals surface area contributed by atoms with Crippen LogP contribution < -0.4 is 0 Å². The number of aliphatic hydroxyl groups is 1. The van der Waals surface area contributed by atoms with Crippen molar-refractivity contribution in [2.75, 3.05) is 0 Å². The predicted molar refractivity (Wildman–Crippen MR) is 64.1 cm³/mol. The van der Waals surface area contributed by atoms with Gasteiger partial charge < -0.3 is 9.53 Å². The van der Waals surface area contributed by atoms with Crippen LogP contribution in [-0.4, -0.2) is 19.5 Å². The Bertz CT molecular complexity index is 214. The van der Waals surface area contributed by atoms with Crippen LogP contribution in [0, 0.1) is 0 Å². The highest BCUT2D eigenvalue weighted by Gasteiger charge is 2.38. The largest absolute Gasteiger partial charge is 0.510 e. The van der Waals surface area contributed by atoms with E-state index in [0.29, 0.717) is 5.76 Å². The molecule has 3 heteroatoms. The maximum absolute atomic E-state index is 9.51. The smallest absolute Gasteiger partial charge is 0.193 e. The molecular formula is C11H24O2Si. The summed E-state index contributed by atoms with van der Waals surface area (Å²) in [6, 6.07) is 0. The van der Waals surface area contributed by atoms with Crippen molar-refractivity contribution in [3.8, 4) is 0 Å². The zero-order chi connectivity index (χ0) is 11.6. The standard InChI is InChI=1S/C11H24O2Si/c1-8-10(12)9(2)13-14(6,7)11(3,4)5/h8-9,12H,1-7H3/b10-8-/t9-/m0/s1. The molecule has 1 N–H and O–H groups in total. The van der Waals surface area contributed by atoms with Gasteiger partial charge in [0.2, 0.25) is 0 Å². The molecule has 0 saturated carbocycles. The molecule has 1 atom stereocenters. The third-order valence-electron chi connectivity index (χ3n) is 2.99. The highest BCUT2D eigenvalue weighted by Crippen LogP contribution is 2.37. The average molecular weight is 216 g/mol. The van der Waals surface area contributed by atoms with E-state index in [2.05, 4.69) is 33.9 Å². The van der Waals surface area contributed by atoms with Crippen LogP contribution in [0.3, 0.4) is 0 Å². The molecule has 0 radical (unpaired) electrons. The number of aliphatic hydroxyl groups excluding tert-OH is 1. The average Bonchev–Trinajstić information content (AvgIpc) is 2.00. The van der Waals surface area contributed by atoms with Crippen molar-refractivity contribution in [2.24, 2.45) is 0 Å². The van der Waals surface area contributed by atoms with Crippen LogP contribution >= 0.6 is 0 Å².